The highest BCUT2D eigenvalue weighted by Gasteiger charge is 2.19. The van der Waals surface area contributed by atoms with Gasteiger partial charge in [0.05, 0.1) is 0 Å². The Morgan fingerprint density at radius 1 is 0.269 bits per heavy atom. The molecule has 0 aliphatic heterocycles. The maximum Gasteiger partial charge on any atom is 0.306 e. The van der Waals surface area contributed by atoms with Gasteiger partial charge in [0.2, 0.25) is 0 Å². The predicted molar refractivity (Wildman–Crippen MR) is 339 cm³/mol. The molecule has 0 fully saturated rings. The van der Waals surface area contributed by atoms with Crippen LogP contribution >= 0.6 is 0 Å². The molecule has 0 aromatic carbocycles. The van der Waals surface area contributed by atoms with Crippen molar-refractivity contribution >= 4 is 17.9 Å². The Morgan fingerprint density at radius 2 is 0.526 bits per heavy atom. The summed E-state index contributed by atoms with van der Waals surface area (Å²) in [5.74, 6) is -0.989. The van der Waals surface area contributed by atoms with Crippen LogP contribution < -0.4 is 0 Å². The second-order valence-corrected chi connectivity index (χ2v) is 22.4. The molecular weight excluding hydrogens is 961 g/mol. The van der Waals surface area contributed by atoms with Crippen LogP contribution in [0.15, 0.2) is 85.1 Å². The first-order valence-electron chi connectivity index (χ1n) is 33.6. The largest absolute Gasteiger partial charge is 0.462 e. The number of unbranched alkanes of at least 4 members (excludes halogenated alkanes) is 36. The molecule has 6 nitrogen and oxygen atoms in total. The van der Waals surface area contributed by atoms with Crippen molar-refractivity contribution in [3.05, 3.63) is 85.1 Å². The van der Waals surface area contributed by atoms with Crippen molar-refractivity contribution in [3.8, 4) is 0 Å². The van der Waals surface area contributed by atoms with Gasteiger partial charge in [-0.1, -0.05) is 318 Å². The lowest BCUT2D eigenvalue weighted by atomic mass is 10.0. The van der Waals surface area contributed by atoms with Crippen LogP contribution in [0.5, 0.6) is 0 Å². The van der Waals surface area contributed by atoms with Gasteiger partial charge in [-0.05, 0) is 83.5 Å². The minimum absolute atomic E-state index is 0.104. The number of rotatable bonds is 61. The van der Waals surface area contributed by atoms with Gasteiger partial charge in [0.25, 0.3) is 0 Å². The zero-order chi connectivity index (χ0) is 56.4. The third kappa shape index (κ3) is 63.4. The van der Waals surface area contributed by atoms with E-state index < -0.39 is 12.1 Å². The standard InChI is InChI=1S/C72H126O6/c1-4-7-10-13-16-18-20-22-24-26-28-29-30-31-32-33-34-35-36-37-38-39-40-41-42-43-45-46-48-50-52-54-56-59-62-65-71(74)77-68-69(67-76-70(73)64-61-58-15-12-9-6-3)78-72(75)66-63-60-57-55-53-51-49-47-44-27-25-23-21-19-17-14-11-8-5-2/h8,11,17,19,23,25-26,28,44,47,51,53,57,60,69H,4-7,9-10,12-16,18,20-22,24,27,29-43,45-46,48-50,52,54-56,58-59,61-68H2,1-3H3/b11-8-,19-17-,25-23-,28-26-,47-44-,53-51-,60-57-. The van der Waals surface area contributed by atoms with Crippen molar-refractivity contribution < 1.29 is 28.6 Å². The zero-order valence-corrected chi connectivity index (χ0v) is 51.7. The van der Waals surface area contributed by atoms with Gasteiger partial charge in [0.1, 0.15) is 13.2 Å². The third-order valence-electron chi connectivity index (χ3n) is 14.6. The highest BCUT2D eigenvalue weighted by Crippen LogP contribution is 2.17. The van der Waals surface area contributed by atoms with Crippen LogP contribution in [0.4, 0.5) is 0 Å². The highest BCUT2D eigenvalue weighted by atomic mass is 16.6. The molecule has 6 heteroatoms. The summed E-state index contributed by atoms with van der Waals surface area (Å²) in [6.07, 6.45) is 88.2. The van der Waals surface area contributed by atoms with Gasteiger partial charge >= 0.3 is 17.9 Å². The van der Waals surface area contributed by atoms with E-state index in [4.69, 9.17) is 14.2 Å². The Kier molecular flexibility index (Phi) is 63.2. The fourth-order valence-electron chi connectivity index (χ4n) is 9.64. The number of carbonyl (C=O) groups excluding carboxylic acids is 3. The van der Waals surface area contributed by atoms with Gasteiger partial charge in [0, 0.05) is 19.3 Å². The van der Waals surface area contributed by atoms with Crippen molar-refractivity contribution in [1.29, 1.82) is 0 Å². The Hall–Kier alpha value is -3.41. The summed E-state index contributed by atoms with van der Waals surface area (Å²) in [7, 11) is 0. The van der Waals surface area contributed by atoms with Gasteiger partial charge in [-0.2, -0.15) is 0 Å². The molecule has 0 rings (SSSR count). The van der Waals surface area contributed by atoms with E-state index in [0.717, 1.165) is 77.0 Å². The molecule has 0 heterocycles. The maximum absolute atomic E-state index is 12.8. The molecule has 0 saturated heterocycles. The summed E-state index contributed by atoms with van der Waals surface area (Å²) < 4.78 is 16.7. The summed E-state index contributed by atoms with van der Waals surface area (Å²) in [6, 6.07) is 0. The summed E-state index contributed by atoms with van der Waals surface area (Å²) in [5.41, 5.74) is 0. The molecule has 450 valence electrons. The van der Waals surface area contributed by atoms with Crippen molar-refractivity contribution in [1.82, 2.24) is 0 Å². The second-order valence-electron chi connectivity index (χ2n) is 22.4. The van der Waals surface area contributed by atoms with Gasteiger partial charge < -0.3 is 14.2 Å². The van der Waals surface area contributed by atoms with Crippen molar-refractivity contribution in [2.24, 2.45) is 0 Å². The van der Waals surface area contributed by atoms with Crippen LogP contribution in [0.25, 0.3) is 0 Å². The van der Waals surface area contributed by atoms with Crippen LogP contribution in [-0.2, 0) is 28.6 Å². The molecule has 1 unspecified atom stereocenters. The first-order valence-corrected chi connectivity index (χ1v) is 33.6. The Labute approximate surface area is 484 Å². The van der Waals surface area contributed by atoms with E-state index in [-0.39, 0.29) is 31.6 Å². The second kappa shape index (κ2) is 66.1. The van der Waals surface area contributed by atoms with E-state index in [1.54, 1.807) is 0 Å². The van der Waals surface area contributed by atoms with Crippen LogP contribution in [0, 0.1) is 0 Å². The lowest BCUT2D eigenvalue weighted by Gasteiger charge is -2.18. The molecule has 78 heavy (non-hydrogen) atoms. The van der Waals surface area contributed by atoms with E-state index in [2.05, 4.69) is 99.8 Å². The quantitative estimate of drug-likeness (QED) is 0.0261. The molecule has 0 spiro atoms. The number of ether oxygens (including phenoxy) is 3. The molecule has 0 N–H and O–H groups in total. The number of allylic oxidation sites excluding steroid dienone is 14. The smallest absolute Gasteiger partial charge is 0.306 e. The van der Waals surface area contributed by atoms with Gasteiger partial charge in [-0.3, -0.25) is 14.4 Å². The van der Waals surface area contributed by atoms with Gasteiger partial charge in [-0.25, -0.2) is 0 Å². The molecule has 0 bridgehead atoms. The molecule has 0 aliphatic carbocycles. The molecule has 0 radical (unpaired) electrons. The summed E-state index contributed by atoms with van der Waals surface area (Å²) in [6.45, 7) is 6.43. The Balaban J connectivity index is 3.99. The fourth-order valence-corrected chi connectivity index (χ4v) is 9.64. The number of hydrogen-bond donors (Lipinski definition) is 0. The first kappa shape index (κ1) is 74.6. The summed E-state index contributed by atoms with van der Waals surface area (Å²) >= 11 is 0. The van der Waals surface area contributed by atoms with E-state index in [0.29, 0.717) is 19.3 Å². The molecule has 0 aromatic heterocycles. The van der Waals surface area contributed by atoms with Gasteiger partial charge in [-0.15, -0.1) is 0 Å². The molecule has 0 aromatic rings. The average molecular weight is 1090 g/mol. The lowest BCUT2D eigenvalue weighted by Crippen LogP contribution is -2.30. The van der Waals surface area contributed by atoms with E-state index in [1.807, 2.05) is 6.08 Å². The summed E-state index contributed by atoms with van der Waals surface area (Å²) in [4.78, 5) is 37.9. The molecule has 1 atom stereocenters. The fraction of sp³-hybridized carbons (Fsp3) is 0.764. The van der Waals surface area contributed by atoms with Crippen LogP contribution in [0.2, 0.25) is 0 Å². The maximum atomic E-state index is 12.8. The van der Waals surface area contributed by atoms with Crippen molar-refractivity contribution in [2.75, 3.05) is 13.2 Å². The van der Waals surface area contributed by atoms with Crippen LogP contribution in [0.1, 0.15) is 335 Å². The monoisotopic (exact) mass is 1090 g/mol. The first-order chi connectivity index (χ1) is 38.5. The normalized spacial score (nSPS) is 12.6. The molecule has 0 aliphatic rings. The van der Waals surface area contributed by atoms with E-state index >= 15 is 0 Å². The van der Waals surface area contributed by atoms with E-state index in [1.165, 1.54) is 212 Å². The minimum Gasteiger partial charge on any atom is -0.462 e. The Bertz CT molecular complexity index is 1480. The third-order valence-corrected chi connectivity index (χ3v) is 14.6. The molecular formula is C72H126O6. The van der Waals surface area contributed by atoms with Gasteiger partial charge in [0.15, 0.2) is 6.10 Å². The molecule has 0 amide bonds. The lowest BCUT2D eigenvalue weighted by molar-refractivity contribution is -0.166. The van der Waals surface area contributed by atoms with Crippen LogP contribution in [-0.4, -0.2) is 37.2 Å². The number of esters is 3. The SMILES string of the molecule is CC/C=C\C/C=C\C/C=C\C/C=C\C/C=C\C/C=C\CCC(=O)OC(COC(=O)CCCCCCCC)COC(=O)CCCCCCCCCCCCCCCCCCCCCCCCC/C=C\CCCCCCCCCC. The Morgan fingerprint density at radius 3 is 0.833 bits per heavy atom. The minimum atomic E-state index is -0.813. The zero-order valence-electron chi connectivity index (χ0n) is 51.7. The number of carbonyl (C=O) groups is 3. The van der Waals surface area contributed by atoms with Crippen molar-refractivity contribution in [2.45, 2.75) is 341 Å². The van der Waals surface area contributed by atoms with Crippen molar-refractivity contribution in [3.63, 3.8) is 0 Å². The predicted octanol–water partition coefficient (Wildman–Crippen LogP) is 23.1. The average Bonchev–Trinajstić information content (AvgIpc) is 3.44. The van der Waals surface area contributed by atoms with Crippen LogP contribution in [0.3, 0.4) is 0 Å². The number of hydrogen-bond acceptors (Lipinski definition) is 6. The molecule has 0 saturated carbocycles. The highest BCUT2D eigenvalue weighted by molar-refractivity contribution is 5.71. The topological polar surface area (TPSA) is 78.9 Å². The van der Waals surface area contributed by atoms with E-state index in [9.17, 15) is 14.4 Å². The summed E-state index contributed by atoms with van der Waals surface area (Å²) in [5, 5.41) is 0.